The summed E-state index contributed by atoms with van der Waals surface area (Å²) in [6.07, 6.45) is 0. The molecule has 1 N–H and O–H groups in total. The molecule has 3 aromatic carbocycles. The van der Waals surface area contributed by atoms with Crippen LogP contribution in [-0.2, 0) is 10.4 Å². The number of anilines is 1. The largest absolute Gasteiger partial charge is 0.383 e. The highest BCUT2D eigenvalue weighted by Crippen LogP contribution is 2.38. The third kappa shape index (κ3) is 3.16. The molecule has 1 unspecified atom stereocenters. The Hall–Kier alpha value is -3.11. The molecule has 0 spiro atoms. The summed E-state index contributed by atoms with van der Waals surface area (Å²) in [7, 11) is 1.65. The Balaban J connectivity index is 1.74. The van der Waals surface area contributed by atoms with Gasteiger partial charge in [-0.2, -0.15) is 0 Å². The predicted molar refractivity (Wildman–Crippen MR) is 112 cm³/mol. The van der Waals surface area contributed by atoms with Crippen molar-refractivity contribution in [3.63, 3.8) is 0 Å². The van der Waals surface area contributed by atoms with E-state index < -0.39 is 5.66 Å². The van der Waals surface area contributed by atoms with E-state index in [-0.39, 0.29) is 5.91 Å². The molecule has 1 atom stereocenters. The lowest BCUT2D eigenvalue weighted by Crippen LogP contribution is -2.56. The van der Waals surface area contributed by atoms with E-state index in [9.17, 15) is 4.79 Å². The minimum absolute atomic E-state index is 0.0148. The molecule has 4 heteroatoms. The minimum Gasteiger partial charge on any atom is -0.383 e. The zero-order valence-electron chi connectivity index (χ0n) is 16.2. The lowest BCUT2D eigenvalue weighted by atomic mass is 9.92. The second kappa shape index (κ2) is 7.49. The molecule has 1 aliphatic rings. The van der Waals surface area contributed by atoms with Crippen molar-refractivity contribution < 1.29 is 9.53 Å². The molecular weight excluding hydrogens is 348 g/mol. The van der Waals surface area contributed by atoms with E-state index in [0.717, 1.165) is 16.8 Å². The van der Waals surface area contributed by atoms with Gasteiger partial charge >= 0.3 is 0 Å². The van der Waals surface area contributed by atoms with Crippen LogP contribution in [0.15, 0.2) is 78.9 Å². The van der Waals surface area contributed by atoms with Gasteiger partial charge in [-0.1, -0.05) is 66.7 Å². The van der Waals surface area contributed by atoms with Crippen molar-refractivity contribution in [1.29, 1.82) is 0 Å². The monoisotopic (exact) mass is 372 g/mol. The lowest BCUT2D eigenvalue weighted by Gasteiger charge is -2.46. The number of hydrogen-bond donors (Lipinski definition) is 1. The first-order valence-corrected chi connectivity index (χ1v) is 9.47. The van der Waals surface area contributed by atoms with E-state index >= 15 is 0 Å². The number of carbonyl (C=O) groups excluding carboxylic acids is 1. The number of benzene rings is 3. The molecule has 0 fully saturated rings. The second-order valence-corrected chi connectivity index (χ2v) is 7.14. The van der Waals surface area contributed by atoms with Crippen LogP contribution in [0.3, 0.4) is 0 Å². The van der Waals surface area contributed by atoms with Crippen molar-refractivity contribution >= 4 is 11.6 Å². The molecule has 4 rings (SSSR count). The number of fused-ring (bicyclic) bond motifs is 1. The summed E-state index contributed by atoms with van der Waals surface area (Å²) in [6.45, 7) is 3.04. The molecule has 0 aliphatic carbocycles. The van der Waals surface area contributed by atoms with Crippen molar-refractivity contribution in [2.24, 2.45) is 0 Å². The van der Waals surface area contributed by atoms with E-state index in [1.165, 1.54) is 5.56 Å². The van der Waals surface area contributed by atoms with Crippen LogP contribution >= 0.6 is 0 Å². The zero-order chi connectivity index (χ0) is 19.6. The summed E-state index contributed by atoms with van der Waals surface area (Å²) in [5.74, 6) is 0.0148. The molecule has 0 aromatic heterocycles. The summed E-state index contributed by atoms with van der Waals surface area (Å²) in [5.41, 5.74) is 4.26. The minimum atomic E-state index is -0.654. The molecule has 28 heavy (non-hydrogen) atoms. The van der Waals surface area contributed by atoms with Gasteiger partial charge in [-0.3, -0.25) is 4.79 Å². The van der Waals surface area contributed by atoms with Crippen LogP contribution in [0.25, 0.3) is 11.1 Å². The van der Waals surface area contributed by atoms with Gasteiger partial charge in [0.05, 0.1) is 12.2 Å². The van der Waals surface area contributed by atoms with Gasteiger partial charge in [0.25, 0.3) is 5.91 Å². The Morgan fingerprint density at radius 2 is 1.54 bits per heavy atom. The number of rotatable bonds is 5. The van der Waals surface area contributed by atoms with Gasteiger partial charge in [0, 0.05) is 19.3 Å². The Labute approximate surface area is 165 Å². The topological polar surface area (TPSA) is 41.6 Å². The van der Waals surface area contributed by atoms with E-state index in [4.69, 9.17) is 4.74 Å². The van der Waals surface area contributed by atoms with Crippen LogP contribution in [0.2, 0.25) is 0 Å². The molecule has 3 aromatic rings. The highest BCUT2D eigenvalue weighted by molar-refractivity contribution is 6.02. The number of amides is 1. The van der Waals surface area contributed by atoms with Crippen molar-refractivity contribution in [1.82, 2.24) is 4.90 Å². The van der Waals surface area contributed by atoms with Crippen LogP contribution in [0.4, 0.5) is 5.69 Å². The van der Waals surface area contributed by atoms with E-state index in [0.29, 0.717) is 18.7 Å². The average molecular weight is 372 g/mol. The number of hydrogen-bond acceptors (Lipinski definition) is 3. The highest BCUT2D eigenvalue weighted by Gasteiger charge is 2.42. The summed E-state index contributed by atoms with van der Waals surface area (Å²) in [5, 5.41) is 3.59. The van der Waals surface area contributed by atoms with Crippen molar-refractivity contribution in [3.8, 4) is 11.1 Å². The Morgan fingerprint density at radius 3 is 2.25 bits per heavy atom. The standard InChI is InChI=1S/C24H24N2O2/c1-24(20-14-12-19(13-15-20)18-8-4-3-5-9-18)25-22-11-7-6-10-21(22)23(27)26(24)16-17-28-2/h3-15,25H,16-17H2,1-2H3. The van der Waals surface area contributed by atoms with Crippen LogP contribution in [0.1, 0.15) is 22.8 Å². The molecule has 1 aliphatic heterocycles. The number of nitrogens with one attached hydrogen (secondary N) is 1. The number of methoxy groups -OCH3 is 1. The summed E-state index contributed by atoms with van der Waals surface area (Å²) in [4.78, 5) is 15.1. The zero-order valence-corrected chi connectivity index (χ0v) is 16.2. The maximum Gasteiger partial charge on any atom is 0.258 e. The molecule has 4 nitrogen and oxygen atoms in total. The third-order valence-electron chi connectivity index (χ3n) is 5.39. The molecule has 0 saturated carbocycles. The van der Waals surface area contributed by atoms with Crippen LogP contribution < -0.4 is 5.32 Å². The van der Waals surface area contributed by atoms with E-state index in [2.05, 4.69) is 41.7 Å². The normalized spacial score (nSPS) is 18.5. The van der Waals surface area contributed by atoms with Crippen molar-refractivity contribution in [2.45, 2.75) is 12.6 Å². The van der Waals surface area contributed by atoms with Gasteiger partial charge < -0.3 is 15.0 Å². The van der Waals surface area contributed by atoms with Gasteiger partial charge in [0.15, 0.2) is 0 Å². The average Bonchev–Trinajstić information content (AvgIpc) is 2.74. The number of para-hydroxylation sites is 1. The number of nitrogens with zero attached hydrogens (tertiary/aromatic N) is 1. The first kappa shape index (κ1) is 18.3. The first-order chi connectivity index (χ1) is 13.6. The molecule has 142 valence electrons. The van der Waals surface area contributed by atoms with E-state index in [1.54, 1.807) is 7.11 Å². The molecule has 1 heterocycles. The fraction of sp³-hybridized carbons (Fsp3) is 0.208. The Morgan fingerprint density at radius 1 is 0.893 bits per heavy atom. The third-order valence-corrected chi connectivity index (χ3v) is 5.39. The van der Waals surface area contributed by atoms with Gasteiger partial charge in [0.1, 0.15) is 5.66 Å². The van der Waals surface area contributed by atoms with E-state index in [1.807, 2.05) is 54.3 Å². The Kier molecular flexibility index (Phi) is 4.88. The molecule has 0 saturated heterocycles. The van der Waals surface area contributed by atoms with Crippen LogP contribution in [-0.4, -0.2) is 31.1 Å². The fourth-order valence-electron chi connectivity index (χ4n) is 3.81. The molecule has 0 bridgehead atoms. The van der Waals surface area contributed by atoms with Crippen molar-refractivity contribution in [3.05, 3.63) is 90.0 Å². The highest BCUT2D eigenvalue weighted by atomic mass is 16.5. The summed E-state index contributed by atoms with van der Waals surface area (Å²) >= 11 is 0. The van der Waals surface area contributed by atoms with Crippen LogP contribution in [0.5, 0.6) is 0 Å². The maximum atomic E-state index is 13.2. The van der Waals surface area contributed by atoms with Crippen molar-refractivity contribution in [2.75, 3.05) is 25.6 Å². The maximum absolute atomic E-state index is 13.2. The lowest BCUT2D eigenvalue weighted by molar-refractivity contribution is 0.0438. The van der Waals surface area contributed by atoms with Gasteiger partial charge in [-0.15, -0.1) is 0 Å². The number of carbonyl (C=O) groups is 1. The summed E-state index contributed by atoms with van der Waals surface area (Å²) < 4.78 is 5.27. The van der Waals surface area contributed by atoms with Gasteiger partial charge in [0.2, 0.25) is 0 Å². The molecular formula is C24H24N2O2. The van der Waals surface area contributed by atoms with Crippen LogP contribution in [0, 0.1) is 0 Å². The Bertz CT molecular complexity index is 969. The summed E-state index contributed by atoms with van der Waals surface area (Å²) in [6, 6.07) is 26.3. The van der Waals surface area contributed by atoms with Gasteiger partial charge in [-0.05, 0) is 35.7 Å². The second-order valence-electron chi connectivity index (χ2n) is 7.14. The molecule has 1 amide bonds. The SMILES string of the molecule is COCCN1C(=O)c2ccccc2NC1(C)c1ccc(-c2ccccc2)cc1. The smallest absolute Gasteiger partial charge is 0.258 e. The number of ether oxygens (including phenoxy) is 1. The quantitative estimate of drug-likeness (QED) is 0.703. The first-order valence-electron chi connectivity index (χ1n) is 9.47. The van der Waals surface area contributed by atoms with Gasteiger partial charge in [-0.25, -0.2) is 0 Å². The molecule has 0 radical (unpaired) electrons. The predicted octanol–water partition coefficient (Wildman–Crippen LogP) is 4.74. The fourth-order valence-corrected chi connectivity index (χ4v) is 3.81.